The van der Waals surface area contributed by atoms with Crippen LogP contribution in [-0.2, 0) is 9.59 Å². The Kier molecular flexibility index (Phi) is 3.59. The van der Waals surface area contributed by atoms with E-state index in [9.17, 15) is 9.59 Å². The first kappa shape index (κ1) is 14.4. The molecule has 2 N–H and O–H groups in total. The first-order chi connectivity index (χ1) is 9.42. The second kappa shape index (κ2) is 5.00. The van der Waals surface area contributed by atoms with E-state index in [0.29, 0.717) is 6.42 Å². The predicted octanol–water partition coefficient (Wildman–Crippen LogP) is 1.97. The van der Waals surface area contributed by atoms with Crippen LogP contribution in [0.1, 0.15) is 44.9 Å². The number of likely N-dealkylation sites (N-methyl/N-ethyl adjacent to an activating group) is 1. The fourth-order valence-corrected chi connectivity index (χ4v) is 6.72. The number of alkyl halides is 1. The molecule has 0 aromatic rings. The second-order valence-corrected chi connectivity index (χ2v) is 8.92. The fourth-order valence-electron chi connectivity index (χ4n) is 5.21. The summed E-state index contributed by atoms with van der Waals surface area (Å²) in [5.41, 5.74) is 0.181. The van der Waals surface area contributed by atoms with E-state index in [0.717, 1.165) is 18.3 Å². The molecule has 4 rings (SSSR count). The molecule has 5 heteroatoms. The SMILES string of the molecule is CNC(=O)CNC(=O)CC12C[C@H]3C[C@@H](CC(Br)(C3)C1)C2. The maximum Gasteiger partial charge on any atom is 0.239 e. The Hall–Kier alpha value is -0.580. The van der Waals surface area contributed by atoms with Crippen LogP contribution < -0.4 is 10.6 Å². The van der Waals surface area contributed by atoms with Crippen LogP contribution in [0.25, 0.3) is 0 Å². The summed E-state index contributed by atoms with van der Waals surface area (Å²) in [6.45, 7) is 0.0950. The van der Waals surface area contributed by atoms with Crippen LogP contribution in [0.15, 0.2) is 0 Å². The number of halogens is 1. The van der Waals surface area contributed by atoms with Gasteiger partial charge in [0.2, 0.25) is 11.8 Å². The molecule has 4 nitrogen and oxygen atoms in total. The van der Waals surface area contributed by atoms with Crippen molar-refractivity contribution in [2.45, 2.75) is 49.3 Å². The van der Waals surface area contributed by atoms with Crippen LogP contribution in [0.5, 0.6) is 0 Å². The van der Waals surface area contributed by atoms with Gasteiger partial charge >= 0.3 is 0 Å². The van der Waals surface area contributed by atoms with Crippen LogP contribution in [0.3, 0.4) is 0 Å². The Morgan fingerprint density at radius 3 is 2.35 bits per heavy atom. The lowest BCUT2D eigenvalue weighted by Gasteiger charge is -2.60. The molecule has 0 heterocycles. The molecular formula is C15H23BrN2O2. The summed E-state index contributed by atoms with van der Waals surface area (Å²) < 4.78 is 0.290. The van der Waals surface area contributed by atoms with E-state index in [1.807, 2.05) is 0 Å². The third-order valence-corrected chi connectivity index (χ3v) is 6.30. The summed E-state index contributed by atoms with van der Waals surface area (Å²) in [6, 6.07) is 0. The molecule has 20 heavy (non-hydrogen) atoms. The fraction of sp³-hybridized carbons (Fsp3) is 0.867. The van der Waals surface area contributed by atoms with Crippen molar-refractivity contribution >= 4 is 27.7 Å². The Morgan fingerprint density at radius 1 is 1.15 bits per heavy atom. The highest BCUT2D eigenvalue weighted by Gasteiger charge is 2.57. The van der Waals surface area contributed by atoms with Crippen molar-refractivity contribution in [3.63, 3.8) is 0 Å². The first-order valence-electron chi connectivity index (χ1n) is 7.58. The van der Waals surface area contributed by atoms with E-state index in [1.54, 1.807) is 7.05 Å². The smallest absolute Gasteiger partial charge is 0.239 e. The highest BCUT2D eigenvalue weighted by Crippen LogP contribution is 2.65. The first-order valence-corrected chi connectivity index (χ1v) is 8.38. The van der Waals surface area contributed by atoms with E-state index in [-0.39, 0.29) is 28.1 Å². The van der Waals surface area contributed by atoms with Crippen LogP contribution >= 0.6 is 15.9 Å². The predicted molar refractivity (Wildman–Crippen MR) is 80.5 cm³/mol. The molecule has 4 fully saturated rings. The topological polar surface area (TPSA) is 58.2 Å². The largest absolute Gasteiger partial charge is 0.358 e. The number of hydrogen-bond donors (Lipinski definition) is 2. The number of carbonyl (C=O) groups excluding carboxylic acids is 2. The minimum atomic E-state index is -0.138. The van der Waals surface area contributed by atoms with E-state index in [4.69, 9.17) is 0 Å². The molecule has 0 spiro atoms. The minimum Gasteiger partial charge on any atom is -0.358 e. The van der Waals surface area contributed by atoms with Crippen LogP contribution in [-0.4, -0.2) is 29.7 Å². The van der Waals surface area contributed by atoms with E-state index in [2.05, 4.69) is 26.6 Å². The average Bonchev–Trinajstić information content (AvgIpc) is 2.32. The van der Waals surface area contributed by atoms with Gasteiger partial charge in [-0.05, 0) is 55.8 Å². The molecule has 0 aliphatic heterocycles. The summed E-state index contributed by atoms with van der Waals surface area (Å²) in [7, 11) is 1.59. The molecule has 4 aliphatic carbocycles. The van der Waals surface area contributed by atoms with Gasteiger partial charge in [-0.15, -0.1) is 0 Å². The third-order valence-electron chi connectivity index (χ3n) is 5.37. The summed E-state index contributed by atoms with van der Waals surface area (Å²) >= 11 is 3.96. The van der Waals surface area contributed by atoms with Gasteiger partial charge in [0.05, 0.1) is 6.54 Å². The lowest BCUT2D eigenvalue weighted by atomic mass is 9.48. The summed E-state index contributed by atoms with van der Waals surface area (Å²) in [5, 5.41) is 5.28. The van der Waals surface area contributed by atoms with Gasteiger partial charge in [-0.3, -0.25) is 9.59 Å². The van der Waals surface area contributed by atoms with Crippen molar-refractivity contribution in [2.75, 3.05) is 13.6 Å². The lowest BCUT2D eigenvalue weighted by Crippen LogP contribution is -2.54. The molecule has 0 aromatic carbocycles. The molecule has 2 amide bonds. The van der Waals surface area contributed by atoms with Crippen molar-refractivity contribution in [3.05, 3.63) is 0 Å². The van der Waals surface area contributed by atoms with Crippen molar-refractivity contribution in [3.8, 4) is 0 Å². The molecule has 0 unspecified atom stereocenters. The third kappa shape index (κ3) is 2.74. The molecule has 0 radical (unpaired) electrons. The van der Waals surface area contributed by atoms with E-state index in [1.165, 1.54) is 32.1 Å². The second-order valence-electron chi connectivity index (χ2n) is 7.24. The van der Waals surface area contributed by atoms with E-state index < -0.39 is 0 Å². The Balaban J connectivity index is 1.62. The average molecular weight is 343 g/mol. The van der Waals surface area contributed by atoms with Gasteiger partial charge in [0.25, 0.3) is 0 Å². The minimum absolute atomic E-state index is 0.0339. The quantitative estimate of drug-likeness (QED) is 0.767. The molecule has 112 valence electrons. The van der Waals surface area contributed by atoms with Crippen molar-refractivity contribution in [2.24, 2.45) is 17.3 Å². The zero-order valence-corrected chi connectivity index (χ0v) is 13.6. The maximum absolute atomic E-state index is 12.1. The standard InChI is InChI=1S/C15H23BrN2O2/c1-17-13(20)8-18-12(19)7-14-3-10-2-11(4-14)6-15(16,5-10)9-14/h10-11H,2-9H2,1H3,(H,17,20)(H,18,19)/t10-,11-,14?,15?/m1/s1. The Morgan fingerprint density at radius 2 is 1.80 bits per heavy atom. The van der Waals surface area contributed by atoms with Crippen LogP contribution in [0, 0.1) is 17.3 Å². The highest BCUT2D eigenvalue weighted by molar-refractivity contribution is 9.10. The number of nitrogens with one attached hydrogen (secondary N) is 2. The molecule has 4 bridgehead atoms. The summed E-state index contributed by atoms with van der Waals surface area (Å²) in [6.07, 6.45) is 8.03. The summed E-state index contributed by atoms with van der Waals surface area (Å²) in [4.78, 5) is 23.3. The molecule has 4 aliphatic rings. The molecule has 0 aromatic heterocycles. The van der Waals surface area contributed by atoms with Crippen molar-refractivity contribution in [1.82, 2.24) is 10.6 Å². The molecule has 0 saturated heterocycles. The van der Waals surface area contributed by atoms with Gasteiger partial charge in [-0.25, -0.2) is 0 Å². The molecule has 2 atom stereocenters. The molecular weight excluding hydrogens is 320 g/mol. The van der Waals surface area contributed by atoms with Gasteiger partial charge in [0, 0.05) is 17.8 Å². The van der Waals surface area contributed by atoms with Crippen molar-refractivity contribution in [1.29, 1.82) is 0 Å². The Labute approximate surface area is 128 Å². The number of hydrogen-bond acceptors (Lipinski definition) is 2. The van der Waals surface area contributed by atoms with Gasteiger partial charge in [0.15, 0.2) is 0 Å². The number of carbonyl (C=O) groups is 2. The van der Waals surface area contributed by atoms with Gasteiger partial charge in [-0.2, -0.15) is 0 Å². The summed E-state index contributed by atoms with van der Waals surface area (Å²) in [5.74, 6) is 1.48. The van der Waals surface area contributed by atoms with Gasteiger partial charge in [0.1, 0.15) is 0 Å². The Bertz CT molecular complexity index is 424. The van der Waals surface area contributed by atoms with E-state index >= 15 is 0 Å². The number of rotatable bonds is 4. The molecule has 4 saturated carbocycles. The van der Waals surface area contributed by atoms with Crippen LogP contribution in [0.4, 0.5) is 0 Å². The maximum atomic E-state index is 12.1. The van der Waals surface area contributed by atoms with Gasteiger partial charge in [-0.1, -0.05) is 15.9 Å². The number of amides is 2. The van der Waals surface area contributed by atoms with Gasteiger partial charge < -0.3 is 10.6 Å². The normalized spacial score (nSPS) is 41.5. The monoisotopic (exact) mass is 342 g/mol. The van der Waals surface area contributed by atoms with Crippen LogP contribution in [0.2, 0.25) is 0 Å². The zero-order chi connectivity index (χ0) is 14.4. The van der Waals surface area contributed by atoms with Crippen molar-refractivity contribution < 1.29 is 9.59 Å². The zero-order valence-electron chi connectivity index (χ0n) is 12.0. The lowest BCUT2D eigenvalue weighted by molar-refractivity contribution is -0.130. The highest BCUT2D eigenvalue weighted by atomic mass is 79.9.